The predicted octanol–water partition coefficient (Wildman–Crippen LogP) is 2.59. The van der Waals surface area contributed by atoms with Gasteiger partial charge >= 0.3 is 0 Å². The SMILES string of the molecule is COCCCNC(=O)c1csc(-c2ccc(OC)cc2)n1. The molecule has 1 aromatic carbocycles. The topological polar surface area (TPSA) is 60.5 Å². The molecular weight excluding hydrogens is 288 g/mol. The molecule has 5 nitrogen and oxygen atoms in total. The second kappa shape index (κ2) is 7.75. The van der Waals surface area contributed by atoms with Crippen molar-refractivity contribution in [1.82, 2.24) is 10.3 Å². The Morgan fingerprint density at radius 2 is 2.05 bits per heavy atom. The maximum atomic E-state index is 11.9. The summed E-state index contributed by atoms with van der Waals surface area (Å²) in [4.78, 5) is 16.3. The van der Waals surface area contributed by atoms with E-state index in [1.54, 1.807) is 19.6 Å². The molecule has 0 saturated heterocycles. The van der Waals surface area contributed by atoms with Crippen LogP contribution in [0.3, 0.4) is 0 Å². The van der Waals surface area contributed by atoms with E-state index >= 15 is 0 Å². The number of ether oxygens (including phenoxy) is 2. The van der Waals surface area contributed by atoms with Gasteiger partial charge in [0.2, 0.25) is 0 Å². The van der Waals surface area contributed by atoms with E-state index in [0.29, 0.717) is 18.8 Å². The number of hydrogen-bond acceptors (Lipinski definition) is 5. The van der Waals surface area contributed by atoms with Crippen LogP contribution in [0.2, 0.25) is 0 Å². The molecule has 2 rings (SSSR count). The largest absolute Gasteiger partial charge is 0.497 e. The van der Waals surface area contributed by atoms with Crippen LogP contribution in [0, 0.1) is 0 Å². The van der Waals surface area contributed by atoms with E-state index in [0.717, 1.165) is 22.7 Å². The fourth-order valence-electron chi connectivity index (χ4n) is 1.75. The van der Waals surface area contributed by atoms with Crippen molar-refractivity contribution in [3.05, 3.63) is 35.3 Å². The van der Waals surface area contributed by atoms with Gasteiger partial charge in [0, 0.05) is 31.2 Å². The molecule has 112 valence electrons. The van der Waals surface area contributed by atoms with Gasteiger partial charge in [0.25, 0.3) is 5.91 Å². The lowest BCUT2D eigenvalue weighted by Crippen LogP contribution is -2.25. The minimum absolute atomic E-state index is 0.151. The number of carbonyl (C=O) groups is 1. The minimum Gasteiger partial charge on any atom is -0.497 e. The molecule has 0 bridgehead atoms. The van der Waals surface area contributed by atoms with E-state index in [2.05, 4.69) is 10.3 Å². The van der Waals surface area contributed by atoms with Gasteiger partial charge in [0.05, 0.1) is 7.11 Å². The maximum Gasteiger partial charge on any atom is 0.270 e. The first-order valence-corrected chi connectivity index (χ1v) is 7.49. The molecule has 0 atom stereocenters. The molecule has 0 saturated carbocycles. The lowest BCUT2D eigenvalue weighted by molar-refractivity contribution is 0.0944. The second-order valence-electron chi connectivity index (χ2n) is 4.37. The number of thiazole rings is 1. The highest BCUT2D eigenvalue weighted by molar-refractivity contribution is 7.13. The average Bonchev–Trinajstić information content (AvgIpc) is 3.01. The Bertz CT molecular complexity index is 581. The minimum atomic E-state index is -0.151. The van der Waals surface area contributed by atoms with Crippen molar-refractivity contribution in [2.75, 3.05) is 27.4 Å². The predicted molar refractivity (Wildman–Crippen MR) is 82.9 cm³/mol. The molecule has 1 N–H and O–H groups in total. The van der Waals surface area contributed by atoms with E-state index in [9.17, 15) is 4.79 Å². The highest BCUT2D eigenvalue weighted by Gasteiger charge is 2.11. The van der Waals surface area contributed by atoms with Crippen molar-refractivity contribution in [1.29, 1.82) is 0 Å². The first kappa shape index (κ1) is 15.5. The third-order valence-electron chi connectivity index (χ3n) is 2.88. The van der Waals surface area contributed by atoms with Crippen LogP contribution in [-0.2, 0) is 4.74 Å². The van der Waals surface area contributed by atoms with Gasteiger partial charge in [-0.25, -0.2) is 4.98 Å². The molecule has 1 aromatic heterocycles. The van der Waals surface area contributed by atoms with Crippen LogP contribution in [0.15, 0.2) is 29.6 Å². The number of amides is 1. The summed E-state index contributed by atoms with van der Waals surface area (Å²) in [6.07, 6.45) is 0.789. The van der Waals surface area contributed by atoms with Crippen LogP contribution in [0.4, 0.5) is 0 Å². The van der Waals surface area contributed by atoms with E-state index in [4.69, 9.17) is 9.47 Å². The quantitative estimate of drug-likeness (QED) is 0.799. The van der Waals surface area contributed by atoms with Crippen LogP contribution >= 0.6 is 11.3 Å². The summed E-state index contributed by atoms with van der Waals surface area (Å²) in [6.45, 7) is 1.22. The van der Waals surface area contributed by atoms with E-state index in [1.807, 2.05) is 24.3 Å². The summed E-state index contributed by atoms with van der Waals surface area (Å²) in [7, 11) is 3.27. The molecule has 0 fully saturated rings. The Balaban J connectivity index is 1.98. The van der Waals surface area contributed by atoms with Crippen LogP contribution in [0.5, 0.6) is 5.75 Å². The van der Waals surface area contributed by atoms with E-state index < -0.39 is 0 Å². The van der Waals surface area contributed by atoms with Crippen LogP contribution < -0.4 is 10.1 Å². The Labute approximate surface area is 127 Å². The highest BCUT2D eigenvalue weighted by atomic mass is 32.1. The van der Waals surface area contributed by atoms with Crippen molar-refractivity contribution in [2.24, 2.45) is 0 Å². The third kappa shape index (κ3) is 4.27. The number of hydrogen-bond donors (Lipinski definition) is 1. The normalized spacial score (nSPS) is 10.4. The number of benzene rings is 1. The monoisotopic (exact) mass is 306 g/mol. The second-order valence-corrected chi connectivity index (χ2v) is 5.23. The standard InChI is InChI=1S/C15H18N2O3S/c1-19-9-3-8-16-14(18)13-10-21-15(17-13)11-4-6-12(20-2)7-5-11/h4-7,10H,3,8-9H2,1-2H3,(H,16,18). The van der Waals surface area contributed by atoms with Gasteiger partial charge in [0.1, 0.15) is 16.5 Å². The lowest BCUT2D eigenvalue weighted by atomic mass is 10.2. The van der Waals surface area contributed by atoms with Gasteiger partial charge in [-0.15, -0.1) is 11.3 Å². The summed E-state index contributed by atoms with van der Waals surface area (Å²) in [6, 6.07) is 7.61. The molecule has 6 heteroatoms. The lowest BCUT2D eigenvalue weighted by Gasteiger charge is -2.02. The molecule has 0 aliphatic carbocycles. The van der Waals surface area contributed by atoms with E-state index in [1.165, 1.54) is 11.3 Å². The molecule has 0 unspecified atom stereocenters. The van der Waals surface area contributed by atoms with Crippen molar-refractivity contribution in [3.63, 3.8) is 0 Å². The fraction of sp³-hybridized carbons (Fsp3) is 0.333. The maximum absolute atomic E-state index is 11.9. The Hall–Kier alpha value is -1.92. The Kier molecular flexibility index (Phi) is 5.71. The molecule has 0 spiro atoms. The number of nitrogens with one attached hydrogen (secondary N) is 1. The Morgan fingerprint density at radius 1 is 1.29 bits per heavy atom. The van der Waals surface area contributed by atoms with Gasteiger partial charge in [-0.1, -0.05) is 0 Å². The number of aromatic nitrogens is 1. The summed E-state index contributed by atoms with van der Waals surface area (Å²) in [5.74, 6) is 0.647. The fourth-order valence-corrected chi connectivity index (χ4v) is 2.56. The van der Waals surface area contributed by atoms with Gasteiger partial charge < -0.3 is 14.8 Å². The van der Waals surface area contributed by atoms with Gasteiger partial charge in [-0.2, -0.15) is 0 Å². The van der Waals surface area contributed by atoms with Crippen molar-refractivity contribution in [2.45, 2.75) is 6.42 Å². The van der Waals surface area contributed by atoms with E-state index in [-0.39, 0.29) is 5.91 Å². The summed E-state index contributed by atoms with van der Waals surface area (Å²) in [5, 5.41) is 5.41. The number of carbonyl (C=O) groups excluding carboxylic acids is 1. The smallest absolute Gasteiger partial charge is 0.270 e. The van der Waals surface area contributed by atoms with Crippen molar-refractivity contribution >= 4 is 17.2 Å². The van der Waals surface area contributed by atoms with Crippen molar-refractivity contribution < 1.29 is 14.3 Å². The molecular formula is C15H18N2O3S. The van der Waals surface area contributed by atoms with Crippen LogP contribution in [0.1, 0.15) is 16.9 Å². The average molecular weight is 306 g/mol. The van der Waals surface area contributed by atoms with Crippen LogP contribution in [-0.4, -0.2) is 38.3 Å². The number of methoxy groups -OCH3 is 2. The van der Waals surface area contributed by atoms with Crippen LogP contribution in [0.25, 0.3) is 10.6 Å². The zero-order chi connectivity index (χ0) is 15.1. The van der Waals surface area contributed by atoms with Crippen molar-refractivity contribution in [3.8, 4) is 16.3 Å². The molecule has 0 aliphatic heterocycles. The molecule has 21 heavy (non-hydrogen) atoms. The summed E-state index contributed by atoms with van der Waals surface area (Å²) < 4.78 is 10.1. The molecule has 1 heterocycles. The Morgan fingerprint density at radius 3 is 2.71 bits per heavy atom. The zero-order valence-electron chi connectivity index (χ0n) is 12.1. The molecule has 0 radical (unpaired) electrons. The molecule has 2 aromatic rings. The van der Waals surface area contributed by atoms with Gasteiger partial charge in [-0.05, 0) is 30.7 Å². The zero-order valence-corrected chi connectivity index (χ0v) is 12.9. The van der Waals surface area contributed by atoms with Gasteiger partial charge in [0.15, 0.2) is 0 Å². The number of nitrogens with zero attached hydrogens (tertiary/aromatic N) is 1. The highest BCUT2D eigenvalue weighted by Crippen LogP contribution is 2.25. The molecule has 1 amide bonds. The third-order valence-corrected chi connectivity index (χ3v) is 3.78. The first-order chi connectivity index (χ1) is 10.2. The summed E-state index contributed by atoms with van der Waals surface area (Å²) >= 11 is 1.45. The first-order valence-electron chi connectivity index (χ1n) is 6.61. The molecule has 0 aliphatic rings. The number of rotatable bonds is 7. The van der Waals surface area contributed by atoms with Gasteiger partial charge in [-0.3, -0.25) is 4.79 Å². The summed E-state index contributed by atoms with van der Waals surface area (Å²) in [5.41, 5.74) is 1.42.